The summed E-state index contributed by atoms with van der Waals surface area (Å²) in [5, 5.41) is 2.99. The molecule has 1 aromatic rings. The van der Waals surface area contributed by atoms with Crippen LogP contribution < -0.4 is 10.0 Å². The van der Waals surface area contributed by atoms with Crippen molar-refractivity contribution in [1.82, 2.24) is 10.0 Å². The lowest BCUT2D eigenvalue weighted by Crippen LogP contribution is -2.33. The summed E-state index contributed by atoms with van der Waals surface area (Å²) in [5.74, 6) is 0.364. The molecule has 1 atom stereocenters. The van der Waals surface area contributed by atoms with Crippen LogP contribution in [-0.2, 0) is 16.2 Å². The van der Waals surface area contributed by atoms with E-state index in [1.807, 2.05) is 0 Å². The van der Waals surface area contributed by atoms with Crippen LogP contribution in [0.5, 0.6) is 0 Å². The predicted molar refractivity (Wildman–Crippen MR) is 89.1 cm³/mol. The minimum absolute atomic E-state index is 0. The van der Waals surface area contributed by atoms with Crippen LogP contribution in [0.2, 0.25) is 5.02 Å². The molecule has 0 aromatic heterocycles. The molecule has 1 heterocycles. The second kappa shape index (κ2) is 8.71. The zero-order valence-corrected chi connectivity index (χ0v) is 15.1. The van der Waals surface area contributed by atoms with Gasteiger partial charge in [-0.2, -0.15) is 13.2 Å². The number of hydrogen-bond donors (Lipinski definition) is 2. The second-order valence-electron chi connectivity index (χ2n) is 5.54. The van der Waals surface area contributed by atoms with Gasteiger partial charge in [0.1, 0.15) is 4.90 Å². The van der Waals surface area contributed by atoms with Gasteiger partial charge in [0.05, 0.1) is 10.6 Å². The Balaban J connectivity index is 0.00000288. The summed E-state index contributed by atoms with van der Waals surface area (Å²) in [5.41, 5.74) is -1.04. The molecule has 0 aliphatic carbocycles. The summed E-state index contributed by atoms with van der Waals surface area (Å²) in [6, 6.07) is 2.27. The van der Waals surface area contributed by atoms with E-state index in [1.165, 1.54) is 0 Å². The number of nitrogens with one attached hydrogen (secondary N) is 2. The van der Waals surface area contributed by atoms with E-state index in [-0.39, 0.29) is 24.0 Å². The molecule has 0 saturated carbocycles. The fraction of sp³-hybridized carbons (Fsp3) is 0.571. The first-order valence-corrected chi connectivity index (χ1v) is 9.13. The first-order valence-electron chi connectivity index (χ1n) is 7.27. The second-order valence-corrected chi connectivity index (χ2v) is 7.68. The molecule has 1 aliphatic rings. The van der Waals surface area contributed by atoms with Crippen molar-refractivity contribution in [1.29, 1.82) is 0 Å². The van der Waals surface area contributed by atoms with Gasteiger partial charge in [-0.1, -0.05) is 11.6 Å². The van der Waals surface area contributed by atoms with Gasteiger partial charge in [0.25, 0.3) is 0 Å². The lowest BCUT2D eigenvalue weighted by molar-refractivity contribution is -0.137. The van der Waals surface area contributed by atoms with Crippen molar-refractivity contribution in [3.63, 3.8) is 0 Å². The lowest BCUT2D eigenvalue weighted by Gasteiger charge is -2.22. The van der Waals surface area contributed by atoms with Crippen LogP contribution in [0.25, 0.3) is 0 Å². The third-order valence-corrected chi connectivity index (χ3v) is 5.73. The summed E-state index contributed by atoms with van der Waals surface area (Å²) in [7, 11) is -4.08. The fourth-order valence-corrected chi connectivity index (χ4v) is 4.10. The average Bonchev–Trinajstić information content (AvgIpc) is 2.47. The van der Waals surface area contributed by atoms with Gasteiger partial charge >= 0.3 is 6.18 Å². The molecule has 0 spiro atoms. The Kier molecular flexibility index (Phi) is 7.80. The number of benzene rings is 1. The molecule has 10 heteroatoms. The van der Waals surface area contributed by atoms with Crippen molar-refractivity contribution in [2.24, 2.45) is 5.92 Å². The monoisotopic (exact) mass is 406 g/mol. The summed E-state index contributed by atoms with van der Waals surface area (Å²) in [6.45, 7) is 1.95. The Morgan fingerprint density at radius 1 is 1.33 bits per heavy atom. The third kappa shape index (κ3) is 5.77. The third-order valence-electron chi connectivity index (χ3n) is 3.79. The van der Waals surface area contributed by atoms with E-state index in [9.17, 15) is 21.6 Å². The molecule has 2 rings (SSSR count). The number of alkyl halides is 3. The van der Waals surface area contributed by atoms with Crippen LogP contribution in [0.1, 0.15) is 24.8 Å². The van der Waals surface area contributed by atoms with Crippen molar-refractivity contribution in [2.45, 2.75) is 30.3 Å². The summed E-state index contributed by atoms with van der Waals surface area (Å²) in [4.78, 5) is -0.546. The van der Waals surface area contributed by atoms with Crippen molar-refractivity contribution < 1.29 is 21.6 Å². The van der Waals surface area contributed by atoms with Crippen LogP contribution in [0, 0.1) is 5.92 Å². The van der Waals surface area contributed by atoms with E-state index in [0.29, 0.717) is 18.4 Å². The minimum atomic E-state index is -4.62. The first kappa shape index (κ1) is 21.5. The van der Waals surface area contributed by atoms with E-state index >= 15 is 0 Å². The Morgan fingerprint density at radius 3 is 2.62 bits per heavy atom. The summed E-state index contributed by atoms with van der Waals surface area (Å²) >= 11 is 5.76. The minimum Gasteiger partial charge on any atom is -0.316 e. The number of rotatable bonds is 5. The normalized spacial score (nSPS) is 18.9. The van der Waals surface area contributed by atoms with Crippen LogP contribution in [-0.4, -0.2) is 28.1 Å². The molecule has 1 aromatic carbocycles. The summed E-state index contributed by atoms with van der Waals surface area (Å²) < 4.78 is 64.9. The molecule has 4 nitrogen and oxygen atoms in total. The van der Waals surface area contributed by atoms with Crippen molar-refractivity contribution >= 4 is 34.0 Å². The van der Waals surface area contributed by atoms with Crippen molar-refractivity contribution in [3.05, 3.63) is 28.8 Å². The molecule has 2 N–H and O–H groups in total. The van der Waals surface area contributed by atoms with E-state index in [2.05, 4.69) is 10.0 Å². The van der Waals surface area contributed by atoms with Gasteiger partial charge in [-0.05, 0) is 56.5 Å². The lowest BCUT2D eigenvalue weighted by atomic mass is 9.96. The van der Waals surface area contributed by atoms with Crippen LogP contribution in [0.4, 0.5) is 13.2 Å². The van der Waals surface area contributed by atoms with Gasteiger partial charge in [0, 0.05) is 6.54 Å². The zero-order valence-electron chi connectivity index (χ0n) is 12.7. The summed E-state index contributed by atoms with van der Waals surface area (Å²) in [6.07, 6.45) is -1.94. The van der Waals surface area contributed by atoms with Gasteiger partial charge in [-0.3, -0.25) is 0 Å². The Bertz CT molecular complexity index is 648. The highest BCUT2D eigenvalue weighted by Crippen LogP contribution is 2.33. The highest BCUT2D eigenvalue weighted by Gasteiger charge is 2.32. The van der Waals surface area contributed by atoms with Gasteiger partial charge in [0.2, 0.25) is 10.0 Å². The number of halogens is 5. The number of piperidine rings is 1. The maximum atomic E-state index is 12.7. The van der Waals surface area contributed by atoms with E-state index in [0.717, 1.165) is 38.1 Å². The van der Waals surface area contributed by atoms with E-state index in [4.69, 9.17) is 11.6 Å². The molecule has 0 radical (unpaired) electrons. The topological polar surface area (TPSA) is 58.2 Å². The highest BCUT2D eigenvalue weighted by atomic mass is 35.5. The smallest absolute Gasteiger partial charge is 0.316 e. The van der Waals surface area contributed by atoms with Gasteiger partial charge in [-0.25, -0.2) is 13.1 Å². The molecule has 24 heavy (non-hydrogen) atoms. The van der Waals surface area contributed by atoms with Crippen molar-refractivity contribution in [3.8, 4) is 0 Å². The quantitative estimate of drug-likeness (QED) is 0.786. The van der Waals surface area contributed by atoms with Gasteiger partial charge < -0.3 is 5.32 Å². The average molecular weight is 407 g/mol. The molecular formula is C14H19Cl2F3N2O2S. The van der Waals surface area contributed by atoms with E-state index in [1.54, 1.807) is 0 Å². The molecule has 1 saturated heterocycles. The molecular weight excluding hydrogens is 388 g/mol. The van der Waals surface area contributed by atoms with Gasteiger partial charge in [0.15, 0.2) is 0 Å². The maximum Gasteiger partial charge on any atom is 0.416 e. The highest BCUT2D eigenvalue weighted by molar-refractivity contribution is 7.89. The zero-order chi connectivity index (χ0) is 17.1. The molecule has 1 fully saturated rings. The Morgan fingerprint density at radius 2 is 2.04 bits per heavy atom. The van der Waals surface area contributed by atoms with Crippen molar-refractivity contribution in [2.75, 3.05) is 19.6 Å². The number of sulfonamides is 1. The molecule has 1 unspecified atom stereocenters. The number of hydrogen-bond acceptors (Lipinski definition) is 3. The molecule has 1 aliphatic heterocycles. The SMILES string of the molecule is Cl.O=S(=O)(NCCC1CCCNC1)c1cc(C(F)(F)F)ccc1Cl. The first-order chi connectivity index (χ1) is 10.7. The van der Waals surface area contributed by atoms with Gasteiger partial charge in [-0.15, -0.1) is 12.4 Å². The molecule has 0 amide bonds. The van der Waals surface area contributed by atoms with Crippen LogP contribution >= 0.6 is 24.0 Å². The van der Waals surface area contributed by atoms with E-state index < -0.39 is 26.7 Å². The fourth-order valence-electron chi connectivity index (χ4n) is 2.53. The maximum absolute atomic E-state index is 12.7. The molecule has 0 bridgehead atoms. The standard InChI is InChI=1S/C14H18ClF3N2O2S.ClH/c15-12-4-3-11(14(16,17)18)8-13(12)23(21,22)20-7-5-10-2-1-6-19-9-10;/h3-4,8,10,19-20H,1-2,5-7,9H2;1H. The van der Waals surface area contributed by atoms with Crippen LogP contribution in [0.3, 0.4) is 0 Å². The van der Waals surface area contributed by atoms with Crippen LogP contribution in [0.15, 0.2) is 23.1 Å². The molecule has 138 valence electrons. The largest absolute Gasteiger partial charge is 0.416 e. The predicted octanol–water partition coefficient (Wildman–Crippen LogP) is 3.45. The Hall–Kier alpha value is -0.540. The Labute approximate surface area is 150 Å².